The molecule has 0 unspecified atom stereocenters. The first-order valence-corrected chi connectivity index (χ1v) is 7.43. The van der Waals surface area contributed by atoms with Crippen molar-refractivity contribution < 1.29 is 12.3 Å². The molecule has 0 radical (unpaired) electrons. The fraction of sp³-hybridized carbons (Fsp3) is 1.00. The van der Waals surface area contributed by atoms with Crippen LogP contribution in [-0.4, -0.2) is 17.0 Å². The second-order valence-corrected chi connectivity index (χ2v) is 8.52. The van der Waals surface area contributed by atoms with E-state index in [2.05, 4.69) is 41.5 Å². The van der Waals surface area contributed by atoms with Gasteiger partial charge in [0, 0.05) is 4.58 Å². The molecule has 1 nitrogen and oxygen atoms in total. The second kappa shape index (κ2) is 9.59. The van der Waals surface area contributed by atoms with Gasteiger partial charge in [-0.25, -0.2) is 0 Å². The van der Waals surface area contributed by atoms with Crippen molar-refractivity contribution in [3.05, 3.63) is 0 Å². The van der Waals surface area contributed by atoms with Gasteiger partial charge in [-0.15, -0.1) is 7.77 Å². The molecule has 0 aliphatic rings. The lowest BCUT2D eigenvalue weighted by Gasteiger charge is -2.29. The first-order chi connectivity index (χ1) is 6.73. The van der Waals surface area contributed by atoms with E-state index in [-0.39, 0.29) is 7.92 Å². The van der Waals surface area contributed by atoms with Crippen LogP contribution in [0.4, 0.5) is 12.3 Å². The summed E-state index contributed by atoms with van der Waals surface area (Å²) >= 11 is -3.36. The SMILES string of the molecule is CC(C)P(C(C)C)C(C)C.FN=S(F)F. The lowest BCUT2D eigenvalue weighted by atomic mass is 10.5. The normalized spacial score (nSPS) is 11.3. The molecule has 0 heterocycles. The minimum absolute atomic E-state index is 0.262. The quantitative estimate of drug-likeness (QED) is 0.625. The molecule has 0 bridgehead atoms. The van der Waals surface area contributed by atoms with Crippen LogP contribution in [0.3, 0.4) is 0 Å². The molecular weight excluding hydrogens is 242 g/mol. The van der Waals surface area contributed by atoms with Crippen LogP contribution in [0.15, 0.2) is 4.58 Å². The highest BCUT2D eigenvalue weighted by atomic mass is 32.2. The van der Waals surface area contributed by atoms with Crippen LogP contribution < -0.4 is 0 Å². The molecule has 0 aromatic carbocycles. The Morgan fingerprint density at radius 1 is 0.867 bits per heavy atom. The molecule has 0 spiro atoms. The summed E-state index contributed by atoms with van der Waals surface area (Å²) in [5.41, 5.74) is 2.69. The van der Waals surface area contributed by atoms with Crippen molar-refractivity contribution in [1.82, 2.24) is 0 Å². The van der Waals surface area contributed by atoms with Crippen molar-refractivity contribution in [2.45, 2.75) is 58.5 Å². The van der Waals surface area contributed by atoms with Gasteiger partial charge in [0.05, 0.1) is 0 Å². The molecule has 0 saturated heterocycles. The minimum Gasteiger partial charge on any atom is -0.116 e. The third-order valence-corrected chi connectivity index (χ3v) is 5.52. The van der Waals surface area contributed by atoms with Crippen molar-refractivity contribution >= 4 is 19.4 Å². The molecular formula is C9H21F3NPS. The maximum absolute atomic E-state index is 10.2. The summed E-state index contributed by atoms with van der Waals surface area (Å²) < 4.78 is 31.6. The van der Waals surface area contributed by atoms with Gasteiger partial charge in [0.15, 0.2) is 0 Å². The van der Waals surface area contributed by atoms with Crippen LogP contribution in [0.1, 0.15) is 41.5 Å². The Hall–Kier alpha value is 0.370. The summed E-state index contributed by atoms with van der Waals surface area (Å²) in [4.78, 5) is 0. The predicted octanol–water partition coefficient (Wildman–Crippen LogP) is 5.14. The zero-order valence-electron chi connectivity index (χ0n) is 10.2. The van der Waals surface area contributed by atoms with Gasteiger partial charge in [-0.05, 0) is 17.0 Å². The van der Waals surface area contributed by atoms with E-state index in [0.717, 1.165) is 21.6 Å². The number of nitrogens with zero attached hydrogens (tertiary/aromatic N) is 1. The van der Waals surface area contributed by atoms with Gasteiger partial charge in [0.1, 0.15) is 0 Å². The highest BCUT2D eigenvalue weighted by Crippen LogP contribution is 2.49. The van der Waals surface area contributed by atoms with Crippen molar-refractivity contribution in [3.8, 4) is 0 Å². The summed E-state index contributed by atoms with van der Waals surface area (Å²) in [6.45, 7) is 14.1. The molecule has 0 saturated carbocycles. The van der Waals surface area contributed by atoms with Crippen LogP contribution in [0, 0.1) is 0 Å². The van der Waals surface area contributed by atoms with E-state index in [9.17, 15) is 12.3 Å². The lowest BCUT2D eigenvalue weighted by molar-refractivity contribution is 0.535. The number of halogens is 3. The maximum Gasteiger partial charge on any atom is 0.293 e. The van der Waals surface area contributed by atoms with Gasteiger partial charge in [0.2, 0.25) is 0 Å². The third kappa shape index (κ3) is 10.6. The second-order valence-electron chi connectivity index (χ2n) is 3.99. The van der Waals surface area contributed by atoms with Gasteiger partial charge in [-0.3, -0.25) is 0 Å². The molecule has 94 valence electrons. The summed E-state index contributed by atoms with van der Waals surface area (Å²) in [6, 6.07) is 0. The van der Waals surface area contributed by atoms with E-state index in [4.69, 9.17) is 0 Å². The molecule has 0 amide bonds. The molecule has 0 fully saturated rings. The zero-order valence-corrected chi connectivity index (χ0v) is 11.9. The van der Waals surface area contributed by atoms with E-state index in [1.807, 2.05) is 0 Å². The summed E-state index contributed by atoms with van der Waals surface area (Å²) in [5, 5.41) is 0. The monoisotopic (exact) mass is 263 g/mol. The molecule has 6 heteroatoms. The molecule has 0 aliphatic heterocycles. The van der Waals surface area contributed by atoms with E-state index in [1.54, 1.807) is 0 Å². The average Bonchev–Trinajstić information content (AvgIpc) is 2.02. The Bertz CT molecular complexity index is 163. The molecule has 0 aliphatic carbocycles. The van der Waals surface area contributed by atoms with Crippen molar-refractivity contribution in [3.63, 3.8) is 0 Å². The minimum atomic E-state index is -3.36. The van der Waals surface area contributed by atoms with Crippen LogP contribution in [0.5, 0.6) is 0 Å². The summed E-state index contributed by atoms with van der Waals surface area (Å²) in [6.07, 6.45) is 0. The van der Waals surface area contributed by atoms with E-state index in [1.165, 1.54) is 0 Å². The molecule has 0 aromatic rings. The smallest absolute Gasteiger partial charge is 0.116 e. The molecule has 0 rings (SSSR count). The van der Waals surface area contributed by atoms with E-state index in [0.29, 0.717) is 0 Å². The topological polar surface area (TPSA) is 12.4 Å². The molecule has 15 heavy (non-hydrogen) atoms. The van der Waals surface area contributed by atoms with Gasteiger partial charge >= 0.3 is 0 Å². The Morgan fingerprint density at radius 2 is 1.07 bits per heavy atom. The summed E-state index contributed by atoms with van der Waals surface area (Å²) in [5.74, 6) is 0. The van der Waals surface area contributed by atoms with Gasteiger partial charge in [-0.1, -0.05) is 53.9 Å². The van der Waals surface area contributed by atoms with Gasteiger partial charge < -0.3 is 0 Å². The number of hydrogen-bond donors (Lipinski definition) is 0. The Balaban J connectivity index is 0. The first kappa shape index (κ1) is 17.8. The zero-order chi connectivity index (χ0) is 12.6. The van der Waals surface area contributed by atoms with Crippen molar-refractivity contribution in [1.29, 1.82) is 0 Å². The van der Waals surface area contributed by atoms with E-state index < -0.39 is 11.5 Å². The Labute approximate surface area is 95.2 Å². The number of hydrogen-bond acceptors (Lipinski definition) is 1. The molecule has 0 N–H and O–H groups in total. The maximum atomic E-state index is 10.2. The van der Waals surface area contributed by atoms with Crippen LogP contribution in [0.2, 0.25) is 0 Å². The van der Waals surface area contributed by atoms with Crippen LogP contribution in [0.25, 0.3) is 0 Å². The fourth-order valence-electron chi connectivity index (χ4n) is 1.79. The molecule has 0 atom stereocenters. The fourth-order valence-corrected chi connectivity index (χ4v) is 5.37. The summed E-state index contributed by atoms with van der Waals surface area (Å²) in [7, 11) is 0.262. The van der Waals surface area contributed by atoms with Crippen LogP contribution >= 0.6 is 7.92 Å². The highest BCUT2D eigenvalue weighted by molar-refractivity contribution is 7.76. The average molecular weight is 263 g/mol. The van der Waals surface area contributed by atoms with Gasteiger partial charge in [0.25, 0.3) is 11.5 Å². The highest BCUT2D eigenvalue weighted by Gasteiger charge is 2.19. The van der Waals surface area contributed by atoms with Crippen molar-refractivity contribution in [2.75, 3.05) is 0 Å². The standard InChI is InChI=1S/C9H21P.F3NS/c1-7(2)10(8(3)4)9(5)6;1-4-5(2)3/h7-9H,1-6H3;. The Kier molecular flexibility index (Phi) is 11.3. The predicted molar refractivity (Wildman–Crippen MR) is 65.4 cm³/mol. The Morgan fingerprint density at radius 3 is 1.07 bits per heavy atom. The molecule has 0 aromatic heterocycles. The number of rotatable bonds is 3. The third-order valence-electron chi connectivity index (χ3n) is 1.84. The first-order valence-electron chi connectivity index (χ1n) is 4.90. The van der Waals surface area contributed by atoms with Crippen LogP contribution in [-0.2, 0) is 11.5 Å². The van der Waals surface area contributed by atoms with Gasteiger partial charge in [-0.2, -0.15) is 0 Å². The van der Waals surface area contributed by atoms with Crippen molar-refractivity contribution in [2.24, 2.45) is 4.58 Å². The largest absolute Gasteiger partial charge is 0.293 e. The van der Waals surface area contributed by atoms with E-state index >= 15 is 0 Å². The lowest BCUT2D eigenvalue weighted by Crippen LogP contribution is -2.10.